The molecule has 2 aromatic carbocycles. The quantitative estimate of drug-likeness (QED) is 0.227. The number of rotatable bonds is 13. The third-order valence-corrected chi connectivity index (χ3v) is 7.50. The van der Waals surface area contributed by atoms with Crippen LogP contribution < -0.4 is 9.47 Å². The second-order valence-corrected chi connectivity index (χ2v) is 11.2. The van der Waals surface area contributed by atoms with Crippen LogP contribution in [0.1, 0.15) is 69.7 Å². The molecule has 0 saturated heterocycles. The van der Waals surface area contributed by atoms with Gasteiger partial charge in [-0.2, -0.15) is 0 Å². The van der Waals surface area contributed by atoms with Gasteiger partial charge in [0.15, 0.2) is 0 Å². The van der Waals surface area contributed by atoms with E-state index in [0.717, 1.165) is 29.7 Å². The number of halogens is 1. The Labute approximate surface area is 230 Å². The topological polar surface area (TPSA) is 85.2 Å². The van der Waals surface area contributed by atoms with Crippen LogP contribution in [-0.2, 0) is 14.9 Å². The van der Waals surface area contributed by atoms with E-state index < -0.39 is 6.10 Å². The first-order valence-corrected chi connectivity index (χ1v) is 14.1. The molecule has 2 N–H and O–H groups in total. The Kier molecular flexibility index (Phi) is 11.5. The molecule has 0 bridgehead atoms. The Morgan fingerprint density at radius 3 is 1.78 bits per heavy atom. The SMILES string of the molecule is CCC(CC)(c1ccc(OCC(O)CO)c(C)c1)c1ccc(OCC(O[14C](=O)CBr)C(C)(C)C)c(C)c1. The Morgan fingerprint density at radius 1 is 0.919 bits per heavy atom. The van der Waals surface area contributed by atoms with E-state index in [-0.39, 0.29) is 48.1 Å². The summed E-state index contributed by atoms with van der Waals surface area (Å²) in [5.41, 5.74) is 3.98. The molecule has 0 amide bonds. The van der Waals surface area contributed by atoms with E-state index in [9.17, 15) is 9.90 Å². The Morgan fingerprint density at radius 2 is 1.41 bits per heavy atom. The maximum Gasteiger partial charge on any atom is 0.316 e. The van der Waals surface area contributed by atoms with Crippen molar-refractivity contribution >= 4 is 21.9 Å². The molecule has 0 aliphatic heterocycles. The molecule has 206 valence electrons. The van der Waals surface area contributed by atoms with Gasteiger partial charge in [-0.05, 0) is 61.1 Å². The molecule has 0 heterocycles. The number of aryl methyl sites for hydroxylation is 2. The summed E-state index contributed by atoms with van der Waals surface area (Å²) in [6.45, 7) is 14.5. The number of ether oxygens (including phenoxy) is 3. The summed E-state index contributed by atoms with van der Waals surface area (Å²) < 4.78 is 17.5. The number of carbonyl (C=O) groups is 1. The molecule has 0 saturated carbocycles. The lowest BCUT2D eigenvalue weighted by Crippen LogP contribution is -2.37. The highest BCUT2D eigenvalue weighted by molar-refractivity contribution is 9.09. The number of hydrogen-bond donors (Lipinski definition) is 2. The molecule has 2 unspecified atom stereocenters. The van der Waals surface area contributed by atoms with Gasteiger partial charge < -0.3 is 24.4 Å². The van der Waals surface area contributed by atoms with Crippen LogP contribution in [0.15, 0.2) is 36.4 Å². The van der Waals surface area contributed by atoms with Crippen molar-refractivity contribution in [1.29, 1.82) is 0 Å². The third kappa shape index (κ3) is 7.95. The summed E-state index contributed by atoms with van der Waals surface area (Å²) in [6.07, 6.45) is 0.564. The van der Waals surface area contributed by atoms with Gasteiger partial charge in [0.05, 0.1) is 6.61 Å². The first-order valence-electron chi connectivity index (χ1n) is 12.9. The average Bonchev–Trinajstić information content (AvgIpc) is 2.86. The lowest BCUT2D eigenvalue weighted by Gasteiger charge is -2.34. The molecular weight excluding hydrogens is 538 g/mol. The van der Waals surface area contributed by atoms with Crippen molar-refractivity contribution in [2.24, 2.45) is 5.41 Å². The van der Waals surface area contributed by atoms with Gasteiger partial charge in [-0.1, -0.05) is 74.8 Å². The van der Waals surface area contributed by atoms with E-state index in [1.165, 1.54) is 11.1 Å². The van der Waals surface area contributed by atoms with Crippen molar-refractivity contribution in [2.45, 2.75) is 78.9 Å². The molecule has 37 heavy (non-hydrogen) atoms. The Hall–Kier alpha value is -2.09. The third-order valence-electron chi connectivity index (χ3n) is 7.04. The smallest absolute Gasteiger partial charge is 0.316 e. The van der Waals surface area contributed by atoms with Crippen molar-refractivity contribution in [3.8, 4) is 11.5 Å². The van der Waals surface area contributed by atoms with Crippen molar-refractivity contribution in [2.75, 3.05) is 25.2 Å². The molecule has 7 heteroatoms. The predicted molar refractivity (Wildman–Crippen MR) is 151 cm³/mol. The van der Waals surface area contributed by atoms with Gasteiger partial charge in [0.2, 0.25) is 0 Å². The maximum absolute atomic E-state index is 11.9. The van der Waals surface area contributed by atoms with Gasteiger partial charge in [0.1, 0.15) is 42.3 Å². The van der Waals surface area contributed by atoms with E-state index in [0.29, 0.717) is 5.75 Å². The molecule has 6 nitrogen and oxygen atoms in total. The number of esters is 1. The maximum atomic E-state index is 11.9. The summed E-state index contributed by atoms with van der Waals surface area (Å²) in [4.78, 5) is 11.9. The number of carbonyl (C=O) groups excluding carboxylic acids is 1. The van der Waals surface area contributed by atoms with Gasteiger partial charge in [0, 0.05) is 10.8 Å². The van der Waals surface area contributed by atoms with Crippen LogP contribution in [0.4, 0.5) is 0 Å². The second kappa shape index (κ2) is 13.6. The number of hydrogen-bond acceptors (Lipinski definition) is 6. The zero-order chi connectivity index (χ0) is 27.8. The largest absolute Gasteiger partial charge is 0.491 e. The van der Waals surface area contributed by atoms with Crippen LogP contribution >= 0.6 is 15.9 Å². The normalized spacial score (nSPS) is 13.7. The molecule has 2 rings (SSSR count). The Bertz CT molecular complexity index is 1030. The first kappa shape index (κ1) is 31.1. The zero-order valence-electron chi connectivity index (χ0n) is 23.3. The number of alkyl halides is 1. The molecule has 2 atom stereocenters. The molecule has 0 spiro atoms. The minimum atomic E-state index is -0.900. The fraction of sp³-hybridized carbons (Fsp3) is 0.567. The van der Waals surface area contributed by atoms with Crippen molar-refractivity contribution in [3.05, 3.63) is 58.7 Å². The van der Waals surface area contributed by atoms with Crippen molar-refractivity contribution in [1.82, 2.24) is 0 Å². The van der Waals surface area contributed by atoms with E-state index in [1.54, 1.807) is 0 Å². The van der Waals surface area contributed by atoms with Gasteiger partial charge in [-0.15, -0.1) is 0 Å². The molecule has 0 aliphatic carbocycles. The molecular formula is C30H43BrO6. The van der Waals surface area contributed by atoms with E-state index in [1.807, 2.05) is 46.8 Å². The van der Waals surface area contributed by atoms with Crippen LogP contribution in [0.3, 0.4) is 0 Å². The van der Waals surface area contributed by atoms with Crippen LogP contribution in [0.2, 0.25) is 0 Å². The second-order valence-electron chi connectivity index (χ2n) is 10.7. The number of benzene rings is 2. The molecule has 0 aliphatic rings. The minimum absolute atomic E-state index is 0.0510. The van der Waals surface area contributed by atoms with E-state index in [4.69, 9.17) is 19.3 Å². The van der Waals surface area contributed by atoms with Crippen LogP contribution in [0.25, 0.3) is 0 Å². The zero-order valence-corrected chi connectivity index (χ0v) is 24.9. The average molecular weight is 582 g/mol. The van der Waals surface area contributed by atoms with Gasteiger partial charge >= 0.3 is 5.97 Å². The first-order chi connectivity index (χ1) is 17.4. The minimum Gasteiger partial charge on any atom is -0.491 e. The fourth-order valence-corrected chi connectivity index (χ4v) is 4.64. The van der Waals surface area contributed by atoms with Crippen molar-refractivity contribution in [3.63, 3.8) is 0 Å². The molecule has 0 radical (unpaired) electrons. The summed E-state index contributed by atoms with van der Waals surface area (Å²) in [5.74, 6) is 1.17. The summed E-state index contributed by atoms with van der Waals surface area (Å²) >= 11 is 3.16. The van der Waals surface area contributed by atoms with E-state index >= 15 is 0 Å². The van der Waals surface area contributed by atoms with Gasteiger partial charge in [-0.25, -0.2) is 0 Å². The summed E-state index contributed by atoms with van der Waals surface area (Å²) in [7, 11) is 0. The van der Waals surface area contributed by atoms with E-state index in [2.05, 4.69) is 54.0 Å². The van der Waals surface area contributed by atoms with Crippen LogP contribution in [0, 0.1) is 19.3 Å². The van der Waals surface area contributed by atoms with Gasteiger partial charge in [-0.3, -0.25) is 4.79 Å². The van der Waals surface area contributed by atoms with Crippen molar-refractivity contribution < 1.29 is 29.2 Å². The summed E-state index contributed by atoms with van der Waals surface area (Å²) in [5, 5.41) is 18.8. The highest BCUT2D eigenvalue weighted by Gasteiger charge is 2.32. The summed E-state index contributed by atoms with van der Waals surface area (Å²) in [6, 6.07) is 12.5. The van der Waals surface area contributed by atoms with Gasteiger partial charge in [0.25, 0.3) is 0 Å². The standard InChI is InChI=1S/C30H43BrO6/c1-8-30(9-2,22-10-12-25(20(3)14-22)35-18-24(33)17-32)23-11-13-26(21(4)15-23)36-19-27(29(5,6)7)37-28(34)16-31/h10-15,24,27,32-33H,8-9,16-19H2,1-7H3/i28+2. The fourth-order valence-electron chi connectivity index (χ4n) is 4.51. The van der Waals surface area contributed by atoms with Crippen LogP contribution in [0.5, 0.6) is 11.5 Å². The Balaban J connectivity index is 2.30. The predicted octanol–water partition coefficient (Wildman–Crippen LogP) is 5.87. The molecule has 0 fully saturated rings. The number of aliphatic hydroxyl groups is 2. The monoisotopic (exact) mass is 580 g/mol. The lowest BCUT2D eigenvalue weighted by molar-refractivity contribution is -0.153. The molecule has 0 aromatic heterocycles. The number of aliphatic hydroxyl groups excluding tert-OH is 2. The molecule has 2 aromatic rings. The van der Waals surface area contributed by atoms with Crippen LogP contribution in [-0.4, -0.2) is 53.5 Å². The lowest BCUT2D eigenvalue weighted by atomic mass is 9.70. The highest BCUT2D eigenvalue weighted by Crippen LogP contribution is 2.41. The highest BCUT2D eigenvalue weighted by atomic mass is 79.9.